The van der Waals surface area contributed by atoms with Crippen molar-refractivity contribution in [1.29, 1.82) is 0 Å². The number of hydrogen-bond acceptors (Lipinski definition) is 9. The van der Waals surface area contributed by atoms with Crippen molar-refractivity contribution >= 4 is 40.7 Å². The second-order valence-corrected chi connectivity index (χ2v) is 9.51. The Kier molecular flexibility index (Phi) is 8.59. The van der Waals surface area contributed by atoms with Crippen LogP contribution in [-0.2, 0) is 16.8 Å². The van der Waals surface area contributed by atoms with Gasteiger partial charge in [0.2, 0.25) is 17.7 Å². The molecule has 12 heteroatoms. The molecule has 0 unspecified atom stereocenters. The lowest BCUT2D eigenvalue weighted by atomic mass is 10.1. The number of hydrogen-bond donors (Lipinski definition) is 3. The van der Waals surface area contributed by atoms with E-state index in [0.29, 0.717) is 35.6 Å². The van der Waals surface area contributed by atoms with Gasteiger partial charge in [-0.1, -0.05) is 18.2 Å². The van der Waals surface area contributed by atoms with E-state index in [0.717, 1.165) is 12.1 Å². The second-order valence-electron chi connectivity index (χ2n) is 8.94. The van der Waals surface area contributed by atoms with Crippen molar-refractivity contribution in [2.75, 3.05) is 49.8 Å². The zero-order chi connectivity index (χ0) is 26.5. The number of anilines is 3. The van der Waals surface area contributed by atoms with Gasteiger partial charge in [0, 0.05) is 45.1 Å². The van der Waals surface area contributed by atoms with Gasteiger partial charge in [0.15, 0.2) is 10.8 Å². The third-order valence-corrected chi connectivity index (χ3v) is 5.59. The van der Waals surface area contributed by atoms with Gasteiger partial charge >= 0.3 is 0 Å². The molecule has 3 heterocycles. The molecule has 3 rings (SSSR count). The Bertz CT molecular complexity index is 1160. The molecule has 1 aliphatic rings. The third kappa shape index (κ3) is 6.76. The summed E-state index contributed by atoms with van der Waals surface area (Å²) in [5.74, 6) is 0.944. The molecule has 0 bridgehead atoms. The summed E-state index contributed by atoms with van der Waals surface area (Å²) in [7, 11) is 7.72. The first-order chi connectivity index (χ1) is 17.0. The predicted molar refractivity (Wildman–Crippen MR) is 145 cm³/mol. The average molecular weight is 516 g/mol. The maximum Gasteiger partial charge on any atom is 0.247 e. The van der Waals surface area contributed by atoms with E-state index in [2.05, 4.69) is 37.5 Å². The van der Waals surface area contributed by atoms with Gasteiger partial charge in [0.1, 0.15) is 5.69 Å². The van der Waals surface area contributed by atoms with Crippen LogP contribution in [-0.4, -0.2) is 71.9 Å². The van der Waals surface area contributed by atoms with E-state index < -0.39 is 5.00 Å². The maximum atomic E-state index is 12.2. The highest BCUT2D eigenvalue weighted by Crippen LogP contribution is 2.36. The topological polar surface area (TPSA) is 112 Å². The maximum absolute atomic E-state index is 12.2. The first kappa shape index (κ1) is 27.0. The van der Waals surface area contributed by atoms with Gasteiger partial charge in [-0.2, -0.15) is 10.1 Å². The molecule has 0 radical (unpaired) electrons. The fourth-order valence-corrected chi connectivity index (χ4v) is 3.58. The zero-order valence-electron chi connectivity index (χ0n) is 21.5. The van der Waals surface area contributed by atoms with Crippen LogP contribution in [0.5, 0.6) is 5.88 Å². The van der Waals surface area contributed by atoms with Crippen molar-refractivity contribution in [2.45, 2.75) is 24.9 Å². The summed E-state index contributed by atoms with van der Waals surface area (Å²) in [5.41, 5.74) is 1.72. The summed E-state index contributed by atoms with van der Waals surface area (Å²) in [6, 6.07) is 1.76. The van der Waals surface area contributed by atoms with Crippen molar-refractivity contribution in [2.24, 2.45) is 12.0 Å². The van der Waals surface area contributed by atoms with E-state index in [4.69, 9.17) is 21.3 Å². The van der Waals surface area contributed by atoms with E-state index >= 15 is 0 Å². The average Bonchev–Trinajstić information content (AvgIpc) is 3.26. The van der Waals surface area contributed by atoms with Crippen molar-refractivity contribution < 1.29 is 9.53 Å². The largest absolute Gasteiger partial charge is 0.473 e. The minimum Gasteiger partial charge on any atom is -0.473 e. The van der Waals surface area contributed by atoms with Gasteiger partial charge in [0.05, 0.1) is 18.0 Å². The number of guanidine groups is 1. The minimum absolute atomic E-state index is 0.143. The Hall–Kier alpha value is -3.57. The van der Waals surface area contributed by atoms with Crippen LogP contribution in [0.25, 0.3) is 0 Å². The summed E-state index contributed by atoms with van der Waals surface area (Å²) in [4.78, 5) is 24.5. The first-order valence-electron chi connectivity index (χ1n) is 11.5. The molecule has 2 aromatic heterocycles. The Balaban J connectivity index is 2.02. The zero-order valence-corrected chi connectivity index (χ0v) is 22.3. The standard InChI is InChI=1S/C24H34ClN9O2/c1-8-20(35)28-18-13-19(22(36-16(2)3)30-21(18)33(6)12-11-32(4)5)29-23-26-10-9-24(25,31-23)17-14-27-34(7)15-17/h8-10,13-16H,1,11-12H2,2-7H3,(H,28,35)(H2,26,29,31)/t24-/m1/s1. The summed E-state index contributed by atoms with van der Waals surface area (Å²) >= 11 is 6.81. The number of halogens is 1. The highest BCUT2D eigenvalue weighted by Gasteiger charge is 2.31. The van der Waals surface area contributed by atoms with Crippen LogP contribution < -0.4 is 25.6 Å². The molecule has 0 saturated carbocycles. The highest BCUT2D eigenvalue weighted by molar-refractivity contribution is 6.26. The number of nitrogens with one attached hydrogen (secondary N) is 3. The number of aryl methyl sites for hydroxylation is 1. The Labute approximate surface area is 216 Å². The van der Waals surface area contributed by atoms with Crippen LogP contribution in [0.2, 0.25) is 0 Å². The van der Waals surface area contributed by atoms with E-state index in [9.17, 15) is 4.79 Å². The Morgan fingerprint density at radius 3 is 2.69 bits per heavy atom. The van der Waals surface area contributed by atoms with E-state index in [1.54, 1.807) is 35.4 Å². The Morgan fingerprint density at radius 2 is 2.08 bits per heavy atom. The highest BCUT2D eigenvalue weighted by atomic mass is 35.5. The molecule has 0 saturated heterocycles. The summed E-state index contributed by atoms with van der Waals surface area (Å²) in [6.07, 6.45) is 7.98. The molecule has 1 amide bonds. The monoisotopic (exact) mass is 515 g/mol. The fraction of sp³-hybridized carbons (Fsp3) is 0.417. The van der Waals surface area contributed by atoms with Crippen molar-refractivity contribution in [1.82, 2.24) is 25.0 Å². The molecule has 0 spiro atoms. The molecule has 0 aromatic carbocycles. The van der Waals surface area contributed by atoms with Gasteiger partial charge < -0.3 is 30.5 Å². The fourth-order valence-electron chi connectivity index (χ4n) is 3.33. The van der Waals surface area contributed by atoms with Crippen LogP contribution in [0.1, 0.15) is 19.4 Å². The predicted octanol–water partition coefficient (Wildman–Crippen LogP) is 2.70. The molecule has 1 aliphatic heterocycles. The van der Waals surface area contributed by atoms with Crippen LogP contribution in [0.4, 0.5) is 17.2 Å². The van der Waals surface area contributed by atoms with Crippen molar-refractivity contribution in [3.8, 4) is 5.88 Å². The molecule has 36 heavy (non-hydrogen) atoms. The van der Waals surface area contributed by atoms with E-state index in [1.165, 1.54) is 6.08 Å². The number of ether oxygens (including phenoxy) is 1. The summed E-state index contributed by atoms with van der Waals surface area (Å²) in [6.45, 7) is 8.87. The number of rotatable bonds is 10. The molecule has 3 N–H and O–H groups in total. The number of pyridine rings is 1. The number of aromatic nitrogens is 3. The lowest BCUT2D eigenvalue weighted by Crippen LogP contribution is -2.34. The number of amides is 1. The number of likely N-dealkylation sites (N-methyl/N-ethyl adjacent to an activating group) is 2. The van der Waals surface area contributed by atoms with Crippen LogP contribution in [0.15, 0.2) is 48.4 Å². The lowest BCUT2D eigenvalue weighted by Gasteiger charge is -2.27. The SMILES string of the molecule is C=CC(=O)Nc1cc(NC2=N[C@@](Cl)(c3cnn(C)c3)C=CN2)c(OC(C)C)nc1N(C)CCN(C)C. The minimum atomic E-state index is -1.14. The molecule has 1 atom stereocenters. The van der Waals surface area contributed by atoms with Crippen LogP contribution >= 0.6 is 11.6 Å². The molecule has 2 aromatic rings. The number of aliphatic imine (C=N–C) groups is 1. The molecular formula is C24H34ClN9O2. The van der Waals surface area contributed by atoms with Gasteiger partial charge in [-0.3, -0.25) is 9.48 Å². The third-order valence-electron chi connectivity index (χ3n) is 5.16. The number of nitrogens with zero attached hydrogens (tertiary/aromatic N) is 6. The molecule has 11 nitrogen and oxygen atoms in total. The molecule has 194 valence electrons. The Morgan fingerprint density at radius 1 is 1.33 bits per heavy atom. The normalized spacial score (nSPS) is 17.0. The quantitative estimate of drug-likeness (QED) is 0.251. The molecule has 0 fully saturated rings. The van der Waals surface area contributed by atoms with Gasteiger partial charge in [-0.25, -0.2) is 4.99 Å². The second kappa shape index (κ2) is 11.4. The lowest BCUT2D eigenvalue weighted by molar-refractivity contribution is -0.111. The van der Waals surface area contributed by atoms with Gasteiger partial charge in [0.25, 0.3) is 0 Å². The smallest absolute Gasteiger partial charge is 0.247 e. The molecule has 0 aliphatic carbocycles. The van der Waals surface area contributed by atoms with E-state index in [-0.39, 0.29) is 12.0 Å². The number of alkyl halides is 1. The molecular weight excluding hydrogens is 482 g/mol. The number of carbonyl (C=O) groups excluding carboxylic acids is 1. The van der Waals surface area contributed by atoms with Gasteiger partial charge in [-0.15, -0.1) is 0 Å². The first-order valence-corrected chi connectivity index (χ1v) is 11.9. The van der Waals surface area contributed by atoms with Crippen molar-refractivity contribution in [3.05, 3.63) is 49.0 Å². The number of carbonyl (C=O) groups is 1. The summed E-state index contributed by atoms with van der Waals surface area (Å²) < 4.78 is 7.70. The van der Waals surface area contributed by atoms with Crippen LogP contribution in [0.3, 0.4) is 0 Å². The van der Waals surface area contributed by atoms with E-state index in [1.807, 2.05) is 46.9 Å². The van der Waals surface area contributed by atoms with Gasteiger partial charge in [-0.05, 0) is 46.2 Å². The van der Waals surface area contributed by atoms with Crippen molar-refractivity contribution in [3.63, 3.8) is 0 Å². The van der Waals surface area contributed by atoms with Crippen LogP contribution in [0, 0.1) is 0 Å². The summed E-state index contributed by atoms with van der Waals surface area (Å²) in [5, 5.41) is 13.3.